The third-order valence-corrected chi connectivity index (χ3v) is 14.3. The predicted molar refractivity (Wildman–Crippen MR) is 161 cm³/mol. The molecule has 5 aliphatic carbocycles. The molecule has 3 N–H and O–H groups in total. The normalized spacial score (nSPS) is 41.9. The fraction of sp³-hybridized carbons (Fsp3) is 0.676. The van der Waals surface area contributed by atoms with Crippen LogP contribution in [0.1, 0.15) is 70.8 Å². The fourth-order valence-corrected chi connectivity index (χ4v) is 11.8. The van der Waals surface area contributed by atoms with E-state index in [1.807, 2.05) is 13.8 Å². The smallest absolute Gasteiger partial charge is 0.416 e. The van der Waals surface area contributed by atoms with Crippen LogP contribution in [0.2, 0.25) is 0 Å². The number of halogens is 3. The Bertz CT molecular complexity index is 1690. The summed E-state index contributed by atoms with van der Waals surface area (Å²) in [6.45, 7) is 7.77. The summed E-state index contributed by atoms with van der Waals surface area (Å²) in [7, 11) is -4.13. The molecule has 8 atom stereocenters. The molecule has 2 aliphatic heterocycles. The molecular formula is C34H40F3NO9S. The number of sulfonamides is 1. The van der Waals surface area contributed by atoms with Crippen LogP contribution in [0, 0.1) is 39.9 Å². The standard InChI is InChI=1S/C34H40F3NO9S/c1-17-22-12-13-23-31-16-46-33(43,27(41)25(31)30(2,3)15-14-24(31)39)32(23,26(17)40)28(22)47-29(42)18-4-8-20(9-5-18)38-48(44,45)21-10-6-19(7-11-21)34(35,36)37/h6-7,10-11,18,20,22-23,25,27-28,38,41,43H,1,4-5,8-9,12-16H2,2-3H3/t18?,20?,22-,23-,25+,27-,28+,31+,32-,33+/m0/s1. The van der Waals surface area contributed by atoms with Crippen LogP contribution < -0.4 is 4.72 Å². The summed E-state index contributed by atoms with van der Waals surface area (Å²) >= 11 is 0. The average molecular weight is 696 g/mol. The van der Waals surface area contributed by atoms with Crippen molar-refractivity contribution in [2.24, 2.45) is 39.9 Å². The van der Waals surface area contributed by atoms with Gasteiger partial charge in [-0.15, -0.1) is 0 Å². The summed E-state index contributed by atoms with van der Waals surface area (Å²) < 4.78 is 79.2. The minimum Gasteiger partial charge on any atom is -0.460 e. The van der Waals surface area contributed by atoms with Crippen molar-refractivity contribution in [1.82, 2.24) is 4.72 Å². The third-order valence-electron chi connectivity index (χ3n) is 12.7. The van der Waals surface area contributed by atoms with E-state index in [0.29, 0.717) is 31.4 Å². The number of alkyl halides is 3. The molecule has 5 saturated carbocycles. The molecule has 10 nitrogen and oxygen atoms in total. The van der Waals surface area contributed by atoms with E-state index in [1.165, 1.54) is 0 Å². The van der Waals surface area contributed by atoms with Crippen LogP contribution in [-0.4, -0.2) is 66.8 Å². The van der Waals surface area contributed by atoms with E-state index >= 15 is 0 Å². The quantitative estimate of drug-likeness (QED) is 0.309. The lowest BCUT2D eigenvalue weighted by molar-refractivity contribution is -0.437. The first-order chi connectivity index (χ1) is 22.3. The highest BCUT2D eigenvalue weighted by molar-refractivity contribution is 7.89. The van der Waals surface area contributed by atoms with Crippen LogP contribution in [0.3, 0.4) is 0 Å². The predicted octanol–water partition coefficient (Wildman–Crippen LogP) is 3.69. The highest BCUT2D eigenvalue weighted by Crippen LogP contribution is 2.76. The second-order valence-electron chi connectivity index (χ2n) is 15.4. The number of aliphatic hydroxyl groups excluding tert-OH is 1. The van der Waals surface area contributed by atoms with Crippen molar-refractivity contribution in [2.45, 2.75) is 100 Å². The van der Waals surface area contributed by atoms with Gasteiger partial charge in [-0.3, -0.25) is 14.4 Å². The molecule has 48 heavy (non-hydrogen) atoms. The molecule has 4 bridgehead atoms. The van der Waals surface area contributed by atoms with E-state index in [9.17, 15) is 46.2 Å². The van der Waals surface area contributed by atoms with Gasteiger partial charge in [0.25, 0.3) is 0 Å². The maximum absolute atomic E-state index is 14.3. The van der Waals surface area contributed by atoms with Gasteiger partial charge in [0.1, 0.15) is 23.4 Å². The van der Waals surface area contributed by atoms with Crippen molar-refractivity contribution >= 4 is 27.6 Å². The monoisotopic (exact) mass is 695 g/mol. The number of rotatable bonds is 5. The van der Waals surface area contributed by atoms with Crippen LogP contribution in [0.5, 0.6) is 0 Å². The van der Waals surface area contributed by atoms with Crippen molar-refractivity contribution in [3.63, 3.8) is 0 Å². The molecule has 8 rings (SSSR count). The number of aliphatic hydroxyl groups is 2. The first kappa shape index (κ1) is 33.8. The first-order valence-corrected chi connectivity index (χ1v) is 18.0. The number of esters is 1. The lowest BCUT2D eigenvalue weighted by atomic mass is 9.36. The van der Waals surface area contributed by atoms with Crippen molar-refractivity contribution in [1.29, 1.82) is 0 Å². The lowest BCUT2D eigenvalue weighted by Gasteiger charge is -2.73. The Hall–Kier alpha value is -2.65. The molecule has 2 saturated heterocycles. The van der Waals surface area contributed by atoms with Crippen molar-refractivity contribution in [3.05, 3.63) is 42.0 Å². The van der Waals surface area contributed by atoms with Gasteiger partial charge in [0.05, 0.1) is 28.4 Å². The summed E-state index contributed by atoms with van der Waals surface area (Å²) in [5, 5.41) is 24.2. The molecule has 7 fully saturated rings. The zero-order valence-electron chi connectivity index (χ0n) is 26.7. The molecule has 2 spiro atoms. The second kappa shape index (κ2) is 10.7. The first-order valence-electron chi connectivity index (χ1n) is 16.5. The molecule has 0 aromatic heterocycles. The van der Waals surface area contributed by atoms with Crippen molar-refractivity contribution in [2.75, 3.05) is 6.61 Å². The van der Waals surface area contributed by atoms with Crippen LogP contribution in [0.15, 0.2) is 41.3 Å². The summed E-state index contributed by atoms with van der Waals surface area (Å²) in [5.41, 5.74) is -4.49. The molecule has 7 aliphatic rings. The largest absolute Gasteiger partial charge is 0.460 e. The Kier molecular flexibility index (Phi) is 7.52. The number of hydrogen-bond donors (Lipinski definition) is 3. The minimum absolute atomic E-state index is 0.122. The number of benzene rings is 1. The Balaban J connectivity index is 1.10. The Morgan fingerprint density at radius 1 is 1.06 bits per heavy atom. The molecule has 2 heterocycles. The minimum atomic E-state index is -4.60. The number of nitrogens with one attached hydrogen (secondary N) is 1. The van der Waals surface area contributed by atoms with Crippen LogP contribution >= 0.6 is 0 Å². The zero-order chi connectivity index (χ0) is 34.8. The van der Waals surface area contributed by atoms with Gasteiger partial charge in [-0.1, -0.05) is 20.4 Å². The lowest BCUT2D eigenvalue weighted by Crippen LogP contribution is -2.85. The Morgan fingerprint density at radius 3 is 2.33 bits per heavy atom. The van der Waals surface area contributed by atoms with Crippen LogP contribution in [0.4, 0.5) is 13.2 Å². The fourth-order valence-electron chi connectivity index (χ4n) is 10.5. The van der Waals surface area contributed by atoms with Gasteiger partial charge in [-0.2, -0.15) is 13.2 Å². The SMILES string of the molecule is C=C1C(=O)[C@]23[C@H](OC(=O)C4CCC(NS(=O)(=O)c5ccc(C(F)(F)F)cc5)CC4)[C@H]1CC[C@H]2[C@@]12CO[C@]3(O)[C@@H](O)[C@@H]1C(C)(C)CCC2=O. The van der Waals surface area contributed by atoms with E-state index in [-0.39, 0.29) is 55.0 Å². The van der Waals surface area contributed by atoms with E-state index in [1.54, 1.807) is 0 Å². The topological polar surface area (TPSA) is 156 Å². The molecule has 1 aromatic rings. The Labute approximate surface area is 276 Å². The summed E-state index contributed by atoms with van der Waals surface area (Å²) in [6, 6.07) is 2.61. The van der Waals surface area contributed by atoms with Crippen LogP contribution in [0.25, 0.3) is 0 Å². The molecular weight excluding hydrogens is 655 g/mol. The zero-order valence-corrected chi connectivity index (χ0v) is 27.5. The van der Waals surface area contributed by atoms with Gasteiger partial charge in [0.15, 0.2) is 5.78 Å². The molecule has 1 aromatic carbocycles. The number of carbonyl (C=O) groups is 3. The van der Waals surface area contributed by atoms with E-state index < -0.39 is 97.5 Å². The van der Waals surface area contributed by atoms with Gasteiger partial charge in [0.2, 0.25) is 15.8 Å². The summed E-state index contributed by atoms with van der Waals surface area (Å²) in [4.78, 5) is 41.7. The number of fused-ring (bicyclic) bond motifs is 2. The summed E-state index contributed by atoms with van der Waals surface area (Å²) in [6.07, 6.45) is -4.93. The highest BCUT2D eigenvalue weighted by Gasteiger charge is 2.88. The number of carbonyl (C=O) groups excluding carboxylic acids is 3. The number of Topliss-reactive ketones (excluding diaryl/α,β-unsaturated/α-hetero) is 2. The van der Waals surface area contributed by atoms with Gasteiger partial charge in [0, 0.05) is 24.3 Å². The summed E-state index contributed by atoms with van der Waals surface area (Å²) in [5.74, 6) is -6.43. The van der Waals surface area contributed by atoms with E-state index in [0.717, 1.165) is 12.1 Å². The number of ketones is 2. The third kappa shape index (κ3) is 4.37. The average Bonchev–Trinajstić information content (AvgIpc) is 3.13. The van der Waals surface area contributed by atoms with Crippen molar-refractivity contribution in [3.8, 4) is 0 Å². The van der Waals surface area contributed by atoms with Gasteiger partial charge in [-0.05, 0) is 86.1 Å². The maximum atomic E-state index is 14.3. The molecule has 0 radical (unpaired) electrons. The van der Waals surface area contributed by atoms with Crippen LogP contribution in [-0.2, 0) is 40.1 Å². The van der Waals surface area contributed by atoms with Crippen molar-refractivity contribution < 1.29 is 55.7 Å². The second-order valence-corrected chi connectivity index (χ2v) is 17.1. The Morgan fingerprint density at radius 2 is 1.71 bits per heavy atom. The van der Waals surface area contributed by atoms with Gasteiger partial charge in [-0.25, -0.2) is 13.1 Å². The number of ether oxygens (including phenoxy) is 2. The molecule has 14 heteroatoms. The van der Waals surface area contributed by atoms with Gasteiger partial charge < -0.3 is 19.7 Å². The number of hydrogen-bond acceptors (Lipinski definition) is 9. The maximum Gasteiger partial charge on any atom is 0.416 e. The highest BCUT2D eigenvalue weighted by atomic mass is 32.2. The van der Waals surface area contributed by atoms with E-state index in [4.69, 9.17) is 9.47 Å². The molecule has 262 valence electrons. The molecule has 0 amide bonds. The van der Waals surface area contributed by atoms with Gasteiger partial charge >= 0.3 is 12.1 Å². The molecule has 0 unspecified atom stereocenters. The van der Waals surface area contributed by atoms with E-state index in [2.05, 4.69) is 11.3 Å².